The van der Waals surface area contributed by atoms with E-state index in [9.17, 15) is 28.1 Å². The summed E-state index contributed by atoms with van der Waals surface area (Å²) in [5.41, 5.74) is -0.660. The second-order valence-corrected chi connectivity index (χ2v) is 9.78. The molecule has 0 spiro atoms. The smallest absolute Gasteiger partial charge is 0.330 e. The first-order chi connectivity index (χ1) is 14.8. The maximum Gasteiger partial charge on any atom is 0.416 e. The summed E-state index contributed by atoms with van der Waals surface area (Å²) in [4.78, 5) is 27.6. The van der Waals surface area contributed by atoms with Crippen molar-refractivity contribution in [3.63, 3.8) is 0 Å². The predicted molar refractivity (Wildman–Crippen MR) is 115 cm³/mol. The number of hydrogen-bond donors (Lipinski definition) is 0. The van der Waals surface area contributed by atoms with Crippen molar-refractivity contribution in [3.8, 4) is 0 Å². The lowest BCUT2D eigenvalue weighted by atomic mass is 9.98. The van der Waals surface area contributed by atoms with Gasteiger partial charge in [-0.3, -0.25) is 14.9 Å². The van der Waals surface area contributed by atoms with Crippen LogP contribution in [0, 0.1) is 10.1 Å². The molecule has 1 atom stereocenters. The second-order valence-electron chi connectivity index (χ2n) is 6.78. The zero-order valence-electron chi connectivity index (χ0n) is 15.8. The van der Waals surface area contributed by atoms with Gasteiger partial charge < -0.3 is 4.90 Å². The Kier molecular flexibility index (Phi) is 6.09. The molecular weight excluding hydrogens is 469 g/mol. The Morgan fingerprint density at radius 1 is 1.23 bits per heavy atom. The van der Waals surface area contributed by atoms with Gasteiger partial charge in [-0.1, -0.05) is 6.07 Å². The van der Waals surface area contributed by atoms with Crippen LogP contribution >= 0.6 is 34.4 Å². The molecule has 1 unspecified atom stereocenters. The van der Waals surface area contributed by atoms with Crippen molar-refractivity contribution in [2.75, 3.05) is 12.3 Å². The number of nitro benzene ring substituents is 1. The van der Waals surface area contributed by atoms with Crippen LogP contribution in [0.25, 0.3) is 0 Å². The van der Waals surface area contributed by atoms with E-state index in [1.807, 2.05) is 29.0 Å². The molecule has 0 fully saturated rings. The molecule has 3 aromatic rings. The van der Waals surface area contributed by atoms with Crippen LogP contribution in [0.2, 0.25) is 0 Å². The van der Waals surface area contributed by atoms with Crippen LogP contribution in [-0.4, -0.2) is 28.0 Å². The van der Waals surface area contributed by atoms with E-state index in [1.165, 1.54) is 4.88 Å². The Labute approximate surface area is 187 Å². The molecule has 0 aliphatic carbocycles. The van der Waals surface area contributed by atoms with Gasteiger partial charge in [0, 0.05) is 22.4 Å². The van der Waals surface area contributed by atoms with E-state index in [2.05, 4.69) is 0 Å². The van der Waals surface area contributed by atoms with E-state index in [-0.39, 0.29) is 22.6 Å². The number of alkyl halides is 3. The number of carbonyl (C=O) groups is 1. The summed E-state index contributed by atoms with van der Waals surface area (Å²) >= 11 is 4.09. The first-order valence-electron chi connectivity index (χ1n) is 9.13. The van der Waals surface area contributed by atoms with Crippen molar-refractivity contribution in [2.45, 2.75) is 23.5 Å². The third-order valence-electron chi connectivity index (χ3n) is 4.93. The molecule has 1 aliphatic heterocycles. The number of carbonyl (C=O) groups excluding carboxylic acids is 1. The van der Waals surface area contributed by atoms with E-state index in [0.29, 0.717) is 12.6 Å². The first-order valence-corrected chi connectivity index (χ1v) is 11.9. The Balaban J connectivity index is 1.56. The molecule has 3 heterocycles. The van der Waals surface area contributed by atoms with Gasteiger partial charge in [-0.2, -0.15) is 13.2 Å². The molecule has 0 saturated carbocycles. The summed E-state index contributed by atoms with van der Waals surface area (Å²) in [5.74, 6) is -0.317. The standard InChI is InChI=1S/C20H15F3N2O3S3/c21-20(22,23)12-3-4-16(14(10-12)25(27)28)31-11-18(26)24-7-5-15-13(6-9-30-15)19(24)17-2-1-8-29-17/h1-4,6,8-10,19H,5,7,11H2. The van der Waals surface area contributed by atoms with E-state index >= 15 is 0 Å². The summed E-state index contributed by atoms with van der Waals surface area (Å²) in [7, 11) is 0. The third kappa shape index (κ3) is 4.48. The van der Waals surface area contributed by atoms with E-state index in [0.717, 1.165) is 40.8 Å². The van der Waals surface area contributed by atoms with Crippen LogP contribution in [0.5, 0.6) is 0 Å². The molecular formula is C20H15F3N2O3S3. The number of thioether (sulfide) groups is 1. The minimum atomic E-state index is -4.68. The van der Waals surface area contributed by atoms with Crippen LogP contribution < -0.4 is 0 Å². The molecule has 4 rings (SSSR count). The highest BCUT2D eigenvalue weighted by Gasteiger charge is 2.35. The van der Waals surface area contributed by atoms with Gasteiger partial charge in [0.1, 0.15) is 0 Å². The van der Waals surface area contributed by atoms with Gasteiger partial charge in [0.2, 0.25) is 5.91 Å². The minimum Gasteiger partial charge on any atom is -0.330 e. The Morgan fingerprint density at radius 2 is 2.03 bits per heavy atom. The molecule has 1 aliphatic rings. The molecule has 11 heteroatoms. The van der Waals surface area contributed by atoms with Gasteiger partial charge >= 0.3 is 6.18 Å². The fourth-order valence-electron chi connectivity index (χ4n) is 3.52. The summed E-state index contributed by atoms with van der Waals surface area (Å²) in [6.07, 6.45) is -3.95. The SMILES string of the molecule is O=C(CSc1ccc(C(F)(F)F)cc1[N+](=O)[O-])N1CCc2sccc2C1c1cccs1. The van der Waals surface area contributed by atoms with E-state index < -0.39 is 22.4 Å². The maximum atomic E-state index is 13.1. The summed E-state index contributed by atoms with van der Waals surface area (Å²) < 4.78 is 38.7. The summed E-state index contributed by atoms with van der Waals surface area (Å²) in [6.45, 7) is 0.518. The zero-order chi connectivity index (χ0) is 22.2. The molecule has 162 valence electrons. The van der Waals surface area contributed by atoms with Crippen molar-refractivity contribution in [2.24, 2.45) is 0 Å². The highest BCUT2D eigenvalue weighted by atomic mass is 32.2. The van der Waals surface area contributed by atoms with Crippen molar-refractivity contribution in [1.82, 2.24) is 4.90 Å². The van der Waals surface area contributed by atoms with Crippen LogP contribution in [0.15, 0.2) is 52.1 Å². The molecule has 5 nitrogen and oxygen atoms in total. The van der Waals surface area contributed by atoms with Gasteiger partial charge in [-0.25, -0.2) is 0 Å². The number of nitro groups is 1. The maximum absolute atomic E-state index is 13.1. The molecule has 0 saturated heterocycles. The van der Waals surface area contributed by atoms with Crippen LogP contribution in [0.4, 0.5) is 18.9 Å². The van der Waals surface area contributed by atoms with Gasteiger partial charge in [0.05, 0.1) is 27.2 Å². The van der Waals surface area contributed by atoms with Gasteiger partial charge in [0.25, 0.3) is 5.69 Å². The number of hydrogen-bond acceptors (Lipinski definition) is 6. The molecule has 1 amide bonds. The van der Waals surface area contributed by atoms with Crippen molar-refractivity contribution >= 4 is 46.0 Å². The minimum absolute atomic E-state index is 0.0345. The lowest BCUT2D eigenvalue weighted by Crippen LogP contribution is -2.40. The lowest BCUT2D eigenvalue weighted by Gasteiger charge is -2.35. The van der Waals surface area contributed by atoms with Crippen LogP contribution in [0.1, 0.15) is 26.9 Å². The van der Waals surface area contributed by atoms with Crippen molar-refractivity contribution < 1.29 is 22.9 Å². The van der Waals surface area contributed by atoms with Crippen molar-refractivity contribution in [1.29, 1.82) is 0 Å². The monoisotopic (exact) mass is 484 g/mol. The lowest BCUT2D eigenvalue weighted by molar-refractivity contribution is -0.388. The highest BCUT2D eigenvalue weighted by molar-refractivity contribution is 8.00. The van der Waals surface area contributed by atoms with E-state index in [1.54, 1.807) is 27.6 Å². The quantitative estimate of drug-likeness (QED) is 0.253. The zero-order valence-corrected chi connectivity index (χ0v) is 18.2. The highest BCUT2D eigenvalue weighted by Crippen LogP contribution is 2.41. The molecule has 1 aromatic carbocycles. The number of fused-ring (bicyclic) bond motifs is 1. The Morgan fingerprint density at radius 3 is 2.71 bits per heavy atom. The van der Waals surface area contributed by atoms with Gasteiger partial charge in [-0.05, 0) is 47.0 Å². The fourth-order valence-corrected chi connectivity index (χ4v) is 6.17. The Hall–Kier alpha value is -2.37. The second kappa shape index (κ2) is 8.64. The normalized spacial score (nSPS) is 16.2. The molecule has 0 bridgehead atoms. The molecule has 2 aromatic heterocycles. The average Bonchev–Trinajstić information content (AvgIpc) is 3.42. The van der Waals surface area contributed by atoms with Gasteiger partial charge in [-0.15, -0.1) is 34.4 Å². The number of benzene rings is 1. The summed E-state index contributed by atoms with van der Waals surface area (Å²) in [5, 5.41) is 15.2. The number of nitrogens with zero attached hydrogens (tertiary/aromatic N) is 2. The van der Waals surface area contributed by atoms with E-state index in [4.69, 9.17) is 0 Å². The van der Waals surface area contributed by atoms with Crippen LogP contribution in [0.3, 0.4) is 0 Å². The first kappa shape index (κ1) is 21.8. The molecule has 31 heavy (non-hydrogen) atoms. The summed E-state index contributed by atoms with van der Waals surface area (Å²) in [6, 6.07) is 8.05. The topological polar surface area (TPSA) is 63.4 Å². The number of thiophene rings is 2. The van der Waals surface area contributed by atoms with Gasteiger partial charge in [0.15, 0.2) is 0 Å². The number of amides is 1. The fraction of sp³-hybridized carbons (Fsp3) is 0.250. The van der Waals surface area contributed by atoms with Crippen LogP contribution in [-0.2, 0) is 17.4 Å². The average molecular weight is 485 g/mol. The van der Waals surface area contributed by atoms with Crippen molar-refractivity contribution in [3.05, 3.63) is 78.2 Å². The number of rotatable bonds is 5. The molecule has 0 radical (unpaired) electrons. The Bertz CT molecular complexity index is 1110. The molecule has 0 N–H and O–H groups in total. The number of halogens is 3. The predicted octanol–water partition coefficient (Wildman–Crippen LogP) is 6.00. The third-order valence-corrected chi connectivity index (χ3v) is 7.90. The largest absolute Gasteiger partial charge is 0.416 e.